The van der Waals surface area contributed by atoms with Gasteiger partial charge in [-0.05, 0) is 36.9 Å². The van der Waals surface area contributed by atoms with E-state index in [-0.39, 0.29) is 5.91 Å². The van der Waals surface area contributed by atoms with Crippen molar-refractivity contribution < 1.29 is 4.79 Å². The van der Waals surface area contributed by atoms with Crippen molar-refractivity contribution >= 4 is 29.3 Å². The van der Waals surface area contributed by atoms with Crippen LogP contribution in [0.1, 0.15) is 28.8 Å². The molecule has 1 amide bonds. The maximum atomic E-state index is 12.3. The Morgan fingerprint density at radius 1 is 1.38 bits per heavy atom. The summed E-state index contributed by atoms with van der Waals surface area (Å²) in [5.41, 5.74) is 1.38. The van der Waals surface area contributed by atoms with Crippen LogP contribution in [-0.4, -0.2) is 21.6 Å². The van der Waals surface area contributed by atoms with Crippen molar-refractivity contribution in [3.05, 3.63) is 52.6 Å². The number of hydrogen-bond acceptors (Lipinski definition) is 4. The number of hydrogen-bond donors (Lipinski definition) is 1. The van der Waals surface area contributed by atoms with Crippen molar-refractivity contribution in [1.82, 2.24) is 15.3 Å². The summed E-state index contributed by atoms with van der Waals surface area (Å²) < 4.78 is 0. The zero-order valence-corrected chi connectivity index (χ0v) is 13.5. The van der Waals surface area contributed by atoms with Crippen LogP contribution in [-0.2, 0) is 6.54 Å². The Bertz CT molecular complexity index is 649. The van der Waals surface area contributed by atoms with Gasteiger partial charge < -0.3 is 5.32 Å². The Hall–Kier alpha value is -1.59. The van der Waals surface area contributed by atoms with E-state index in [1.165, 1.54) is 0 Å². The van der Waals surface area contributed by atoms with Crippen molar-refractivity contribution in [3.63, 3.8) is 0 Å². The van der Waals surface area contributed by atoms with E-state index in [9.17, 15) is 4.79 Å². The van der Waals surface area contributed by atoms with Gasteiger partial charge >= 0.3 is 0 Å². The molecule has 0 atom stereocenters. The van der Waals surface area contributed by atoms with Crippen LogP contribution in [0, 0.1) is 6.92 Å². The number of aromatic nitrogens is 2. The molecule has 1 heterocycles. The van der Waals surface area contributed by atoms with Gasteiger partial charge in [0, 0.05) is 16.1 Å². The zero-order chi connectivity index (χ0) is 15.2. The second kappa shape index (κ2) is 7.43. The molecule has 21 heavy (non-hydrogen) atoms. The highest BCUT2D eigenvalue weighted by Crippen LogP contribution is 2.25. The van der Waals surface area contributed by atoms with Gasteiger partial charge in [0.05, 0.1) is 17.8 Å². The van der Waals surface area contributed by atoms with E-state index in [2.05, 4.69) is 15.3 Å². The van der Waals surface area contributed by atoms with Gasteiger partial charge in [0.25, 0.3) is 5.91 Å². The minimum absolute atomic E-state index is 0.148. The quantitative estimate of drug-likeness (QED) is 0.857. The maximum Gasteiger partial charge on any atom is 0.252 e. The van der Waals surface area contributed by atoms with Gasteiger partial charge in [-0.2, -0.15) is 0 Å². The van der Waals surface area contributed by atoms with Crippen molar-refractivity contribution in [2.45, 2.75) is 25.3 Å². The van der Waals surface area contributed by atoms with Crippen LogP contribution in [0.4, 0.5) is 0 Å². The third kappa shape index (κ3) is 4.44. The van der Waals surface area contributed by atoms with Gasteiger partial charge in [0.2, 0.25) is 0 Å². The topological polar surface area (TPSA) is 54.9 Å². The first kappa shape index (κ1) is 15.8. The summed E-state index contributed by atoms with van der Waals surface area (Å²) in [6, 6.07) is 7.15. The molecule has 0 radical (unpaired) electrons. The molecule has 2 rings (SSSR count). The number of rotatable bonds is 5. The molecule has 0 unspecified atom stereocenters. The van der Waals surface area contributed by atoms with Crippen LogP contribution in [0.2, 0.25) is 5.02 Å². The molecule has 2 aromatic rings. The number of carbonyl (C=O) groups is 1. The SMILES string of the molecule is CCSc1ccc(Cl)cc1C(=O)NCc1ccnc(C)n1. The molecule has 0 aliphatic rings. The lowest BCUT2D eigenvalue weighted by atomic mass is 10.2. The Morgan fingerprint density at radius 2 is 2.19 bits per heavy atom. The number of thioether (sulfide) groups is 1. The summed E-state index contributed by atoms with van der Waals surface area (Å²) in [4.78, 5) is 21.5. The number of aryl methyl sites for hydroxylation is 1. The predicted molar refractivity (Wildman–Crippen MR) is 85.8 cm³/mol. The molecular weight excluding hydrogens is 306 g/mol. The second-order valence-corrected chi connectivity index (χ2v) is 6.09. The van der Waals surface area contributed by atoms with E-state index >= 15 is 0 Å². The van der Waals surface area contributed by atoms with E-state index in [0.717, 1.165) is 16.3 Å². The fourth-order valence-electron chi connectivity index (χ4n) is 1.83. The molecule has 4 nitrogen and oxygen atoms in total. The molecule has 0 fully saturated rings. The standard InChI is InChI=1S/C15H16ClN3OS/c1-3-21-14-5-4-11(16)8-13(14)15(20)18-9-12-6-7-17-10(2)19-12/h4-8H,3,9H2,1-2H3,(H,18,20). The number of benzene rings is 1. The molecule has 1 aromatic heterocycles. The molecule has 0 saturated heterocycles. The second-order valence-electron chi connectivity index (χ2n) is 4.35. The average Bonchev–Trinajstić information content (AvgIpc) is 2.47. The Morgan fingerprint density at radius 3 is 2.90 bits per heavy atom. The van der Waals surface area contributed by atoms with Gasteiger partial charge in [-0.1, -0.05) is 18.5 Å². The number of nitrogens with zero attached hydrogens (tertiary/aromatic N) is 2. The summed E-state index contributed by atoms with van der Waals surface area (Å²) >= 11 is 7.61. The summed E-state index contributed by atoms with van der Waals surface area (Å²) in [5, 5.41) is 3.42. The van der Waals surface area contributed by atoms with Crippen LogP contribution >= 0.6 is 23.4 Å². The third-order valence-corrected chi connectivity index (χ3v) is 3.94. The molecule has 0 spiro atoms. The lowest BCUT2D eigenvalue weighted by Gasteiger charge is -2.10. The minimum Gasteiger partial charge on any atom is -0.346 e. The number of halogens is 1. The number of nitrogens with one attached hydrogen (secondary N) is 1. The third-order valence-electron chi connectivity index (χ3n) is 2.75. The molecular formula is C15H16ClN3OS. The van der Waals surface area contributed by atoms with Crippen LogP contribution in [0.5, 0.6) is 0 Å². The van der Waals surface area contributed by atoms with E-state index in [1.807, 2.05) is 19.9 Å². The van der Waals surface area contributed by atoms with Gasteiger partial charge in [-0.25, -0.2) is 9.97 Å². The first-order valence-corrected chi connectivity index (χ1v) is 7.95. The Labute approximate surface area is 133 Å². The number of carbonyl (C=O) groups excluding carboxylic acids is 1. The highest BCUT2D eigenvalue weighted by Gasteiger charge is 2.12. The van der Waals surface area contributed by atoms with Crippen LogP contribution < -0.4 is 5.32 Å². The number of amides is 1. The van der Waals surface area contributed by atoms with Crippen LogP contribution in [0.3, 0.4) is 0 Å². The summed E-state index contributed by atoms with van der Waals surface area (Å²) in [5.74, 6) is 1.43. The molecule has 0 aliphatic carbocycles. The van der Waals surface area contributed by atoms with Crippen molar-refractivity contribution in [1.29, 1.82) is 0 Å². The van der Waals surface area contributed by atoms with Gasteiger partial charge in [0.15, 0.2) is 0 Å². The smallest absolute Gasteiger partial charge is 0.252 e. The summed E-state index contributed by atoms with van der Waals surface area (Å²) in [6.07, 6.45) is 1.68. The summed E-state index contributed by atoms with van der Waals surface area (Å²) in [7, 11) is 0. The van der Waals surface area contributed by atoms with E-state index in [4.69, 9.17) is 11.6 Å². The molecule has 6 heteroatoms. The van der Waals surface area contributed by atoms with Crippen molar-refractivity contribution in [3.8, 4) is 0 Å². The molecule has 110 valence electrons. The Kier molecular flexibility index (Phi) is 5.59. The van der Waals surface area contributed by atoms with Crippen molar-refractivity contribution in [2.24, 2.45) is 0 Å². The lowest BCUT2D eigenvalue weighted by Crippen LogP contribution is -2.24. The van der Waals surface area contributed by atoms with E-state index < -0.39 is 0 Å². The van der Waals surface area contributed by atoms with Crippen molar-refractivity contribution in [2.75, 3.05) is 5.75 Å². The predicted octanol–water partition coefficient (Wildman–Crippen LogP) is 3.48. The zero-order valence-electron chi connectivity index (χ0n) is 11.9. The van der Waals surface area contributed by atoms with Crippen LogP contribution in [0.15, 0.2) is 35.4 Å². The maximum absolute atomic E-state index is 12.3. The molecule has 0 aliphatic heterocycles. The normalized spacial score (nSPS) is 10.4. The average molecular weight is 322 g/mol. The first-order chi connectivity index (χ1) is 10.1. The fraction of sp³-hybridized carbons (Fsp3) is 0.267. The Balaban J connectivity index is 2.11. The monoisotopic (exact) mass is 321 g/mol. The van der Waals surface area contributed by atoms with Gasteiger partial charge in [0.1, 0.15) is 5.82 Å². The lowest BCUT2D eigenvalue weighted by molar-refractivity contribution is 0.0947. The fourth-order valence-corrected chi connectivity index (χ4v) is 2.79. The highest BCUT2D eigenvalue weighted by atomic mass is 35.5. The molecule has 1 aromatic carbocycles. The molecule has 0 saturated carbocycles. The molecule has 0 bridgehead atoms. The largest absolute Gasteiger partial charge is 0.346 e. The minimum atomic E-state index is -0.148. The highest BCUT2D eigenvalue weighted by molar-refractivity contribution is 7.99. The first-order valence-electron chi connectivity index (χ1n) is 6.59. The van der Waals surface area contributed by atoms with Gasteiger partial charge in [-0.15, -0.1) is 11.8 Å². The molecule has 1 N–H and O–H groups in total. The van der Waals surface area contributed by atoms with E-state index in [1.54, 1.807) is 36.2 Å². The van der Waals surface area contributed by atoms with Gasteiger partial charge in [-0.3, -0.25) is 4.79 Å². The van der Waals surface area contributed by atoms with Crippen LogP contribution in [0.25, 0.3) is 0 Å². The summed E-state index contributed by atoms with van der Waals surface area (Å²) in [6.45, 7) is 4.23. The van der Waals surface area contributed by atoms with E-state index in [0.29, 0.717) is 23.0 Å².